The second-order valence-electron chi connectivity index (χ2n) is 10.5. The molecule has 9 heteroatoms. The van der Waals surface area contributed by atoms with Gasteiger partial charge in [0.2, 0.25) is 5.91 Å². The van der Waals surface area contributed by atoms with Gasteiger partial charge in [0.15, 0.2) is 0 Å². The summed E-state index contributed by atoms with van der Waals surface area (Å²) in [7, 11) is 0. The molecule has 0 bridgehead atoms. The highest BCUT2D eigenvalue weighted by Crippen LogP contribution is 2.43. The number of benzene rings is 2. The molecule has 2 atom stereocenters. The normalized spacial score (nSPS) is 18.9. The van der Waals surface area contributed by atoms with Gasteiger partial charge in [-0.15, -0.1) is 24.8 Å². The number of carbonyl (C=O) groups is 2. The van der Waals surface area contributed by atoms with E-state index in [1.807, 2.05) is 32.9 Å². The van der Waals surface area contributed by atoms with Gasteiger partial charge in [0.25, 0.3) is 0 Å². The number of rotatable bonds is 8. The largest absolute Gasteiger partial charge is 0.465 e. The van der Waals surface area contributed by atoms with Crippen molar-refractivity contribution in [3.63, 3.8) is 0 Å². The third kappa shape index (κ3) is 7.20. The third-order valence-corrected chi connectivity index (χ3v) is 7.52. The number of halogens is 2. The second-order valence-corrected chi connectivity index (χ2v) is 10.5. The van der Waals surface area contributed by atoms with Crippen LogP contribution in [0.15, 0.2) is 42.5 Å². The number of nitrogens with one attached hydrogen (secondary N) is 1. The summed E-state index contributed by atoms with van der Waals surface area (Å²) in [5.74, 6) is -0.0250. The Labute approximate surface area is 239 Å². The number of carbonyl (C=O) groups excluding carboxylic acids is 1. The lowest BCUT2D eigenvalue weighted by atomic mass is 9.87. The predicted molar refractivity (Wildman–Crippen MR) is 159 cm³/mol. The molecule has 0 saturated carbocycles. The topological polar surface area (TPSA) is 76.1 Å². The Hall–Kier alpha value is -2.32. The van der Waals surface area contributed by atoms with E-state index in [4.69, 9.17) is 0 Å². The zero-order valence-corrected chi connectivity index (χ0v) is 24.5. The van der Waals surface area contributed by atoms with Crippen LogP contribution in [0.1, 0.15) is 64.1 Å². The zero-order chi connectivity index (χ0) is 25.8. The Balaban J connectivity index is 0.00000253. The van der Waals surface area contributed by atoms with Gasteiger partial charge in [-0.2, -0.15) is 0 Å². The monoisotopic (exact) mass is 564 g/mol. The lowest BCUT2D eigenvalue weighted by Crippen LogP contribution is -2.48. The van der Waals surface area contributed by atoms with E-state index in [2.05, 4.69) is 40.5 Å². The number of likely N-dealkylation sites (tertiary alicyclic amines) is 1. The van der Waals surface area contributed by atoms with Crippen LogP contribution in [-0.2, 0) is 11.3 Å². The molecule has 1 fully saturated rings. The average Bonchev–Trinajstić information content (AvgIpc) is 3.35. The highest BCUT2D eigenvalue weighted by molar-refractivity contribution is 5.94. The molecular weight excluding hydrogens is 523 g/mol. The van der Waals surface area contributed by atoms with E-state index >= 15 is 0 Å². The Kier molecular flexibility index (Phi) is 11.9. The molecule has 2 heterocycles. The maximum atomic E-state index is 12.5. The summed E-state index contributed by atoms with van der Waals surface area (Å²) in [4.78, 5) is 30.5. The van der Waals surface area contributed by atoms with Crippen molar-refractivity contribution >= 4 is 42.5 Å². The van der Waals surface area contributed by atoms with E-state index in [-0.39, 0.29) is 48.8 Å². The van der Waals surface area contributed by atoms with Crippen molar-refractivity contribution in [3.05, 3.63) is 53.6 Å². The summed E-state index contributed by atoms with van der Waals surface area (Å²) in [5, 5.41) is 13.5. The molecule has 2 aliphatic heterocycles. The van der Waals surface area contributed by atoms with Crippen LogP contribution in [0.2, 0.25) is 0 Å². The van der Waals surface area contributed by atoms with Crippen LogP contribution in [0.3, 0.4) is 0 Å². The minimum absolute atomic E-state index is 0. The Morgan fingerprint density at radius 1 is 1.05 bits per heavy atom. The minimum atomic E-state index is -0.934. The fraction of sp³-hybridized carbons (Fsp3) is 0.517. The number of nitrogens with zero attached hydrogens (tertiary/aromatic N) is 3. The smallest absolute Gasteiger partial charge is 0.408 e. The van der Waals surface area contributed by atoms with E-state index in [0.717, 1.165) is 42.0 Å². The number of hydrogen-bond acceptors (Lipinski definition) is 4. The van der Waals surface area contributed by atoms with Crippen LogP contribution in [-0.4, -0.2) is 65.2 Å². The molecule has 0 aliphatic carbocycles. The van der Waals surface area contributed by atoms with Gasteiger partial charge in [0.1, 0.15) is 0 Å². The number of anilines is 1. The maximum Gasteiger partial charge on any atom is 0.408 e. The number of hydrogen-bond donors (Lipinski definition) is 2. The Morgan fingerprint density at radius 2 is 1.68 bits per heavy atom. The fourth-order valence-electron chi connectivity index (χ4n) is 5.76. The molecule has 2 aromatic rings. The van der Waals surface area contributed by atoms with E-state index < -0.39 is 6.09 Å². The highest BCUT2D eigenvalue weighted by atomic mass is 35.5. The molecule has 7 nitrogen and oxygen atoms in total. The lowest BCUT2D eigenvalue weighted by molar-refractivity contribution is -0.117. The van der Waals surface area contributed by atoms with Crippen molar-refractivity contribution in [1.29, 1.82) is 0 Å². The molecule has 38 heavy (non-hydrogen) atoms. The molecule has 2 amide bonds. The second kappa shape index (κ2) is 14.2. The highest BCUT2D eigenvalue weighted by Gasteiger charge is 2.38. The van der Waals surface area contributed by atoms with Crippen molar-refractivity contribution in [1.82, 2.24) is 15.1 Å². The van der Waals surface area contributed by atoms with Crippen molar-refractivity contribution < 1.29 is 14.7 Å². The molecule has 1 saturated heterocycles. The van der Waals surface area contributed by atoms with Crippen LogP contribution in [0, 0.1) is 0 Å². The third-order valence-electron chi connectivity index (χ3n) is 7.52. The van der Waals surface area contributed by atoms with Crippen molar-refractivity contribution in [2.75, 3.05) is 31.1 Å². The van der Waals surface area contributed by atoms with Gasteiger partial charge in [-0.05, 0) is 87.5 Å². The first-order chi connectivity index (χ1) is 17.3. The van der Waals surface area contributed by atoms with Crippen LogP contribution in [0.5, 0.6) is 0 Å². The van der Waals surface area contributed by atoms with Gasteiger partial charge in [0, 0.05) is 44.3 Å². The summed E-state index contributed by atoms with van der Waals surface area (Å²) >= 11 is 0. The first-order valence-electron chi connectivity index (χ1n) is 13.2. The van der Waals surface area contributed by atoms with E-state index in [1.54, 1.807) is 11.8 Å². The summed E-state index contributed by atoms with van der Waals surface area (Å²) < 4.78 is 0. The SMILES string of the molecule is CC(=O)N1c2ccc(-c3ccc(CNCCN4CCCC4)cc3)cc2C(N(C(=O)O)C(C)C)CC1C.Cl.Cl. The molecule has 4 rings (SSSR count). The quantitative estimate of drug-likeness (QED) is 0.387. The molecule has 2 aromatic carbocycles. The molecular formula is C29H42Cl2N4O3. The van der Waals surface area contributed by atoms with Crippen LogP contribution in [0.4, 0.5) is 10.5 Å². The fourth-order valence-corrected chi connectivity index (χ4v) is 5.76. The number of amides is 2. The van der Waals surface area contributed by atoms with Crippen molar-refractivity contribution in [2.24, 2.45) is 0 Å². The summed E-state index contributed by atoms with van der Waals surface area (Å²) in [6.07, 6.45) is 2.28. The van der Waals surface area contributed by atoms with E-state index in [1.165, 1.54) is 36.4 Å². The van der Waals surface area contributed by atoms with Gasteiger partial charge in [-0.1, -0.05) is 30.3 Å². The minimum Gasteiger partial charge on any atom is -0.465 e. The maximum absolute atomic E-state index is 12.5. The van der Waals surface area contributed by atoms with Crippen LogP contribution in [0.25, 0.3) is 11.1 Å². The van der Waals surface area contributed by atoms with Crippen LogP contribution < -0.4 is 10.2 Å². The summed E-state index contributed by atoms with van der Waals surface area (Å²) in [5.41, 5.74) is 5.05. The first-order valence-corrected chi connectivity index (χ1v) is 13.2. The molecule has 0 aromatic heterocycles. The molecule has 2 aliphatic rings. The standard InChI is InChI=1S/C29H40N4O3.2ClH/c1-20(2)32(29(35)36)28-17-21(3)33(22(4)34)27-12-11-25(18-26(27)28)24-9-7-23(8-10-24)19-30-13-16-31-14-5-6-15-31;;/h7-12,18,20-21,28,30H,5-6,13-17,19H2,1-4H3,(H,35,36);2*1H. The van der Waals surface area contributed by atoms with E-state index in [9.17, 15) is 14.7 Å². The van der Waals surface area contributed by atoms with E-state index in [0.29, 0.717) is 6.42 Å². The van der Waals surface area contributed by atoms with Gasteiger partial charge in [0.05, 0.1) is 6.04 Å². The Bertz CT molecular complexity index is 1070. The molecule has 2 unspecified atom stereocenters. The zero-order valence-electron chi connectivity index (χ0n) is 22.9. The molecule has 2 N–H and O–H groups in total. The Morgan fingerprint density at radius 3 is 2.26 bits per heavy atom. The van der Waals surface area contributed by atoms with Crippen molar-refractivity contribution in [2.45, 2.75) is 71.6 Å². The van der Waals surface area contributed by atoms with Crippen molar-refractivity contribution in [3.8, 4) is 11.1 Å². The average molecular weight is 566 g/mol. The number of carboxylic acid groups (broad SMARTS) is 1. The number of fused-ring (bicyclic) bond motifs is 1. The molecule has 0 radical (unpaired) electrons. The lowest BCUT2D eigenvalue weighted by Gasteiger charge is -2.43. The van der Waals surface area contributed by atoms with Gasteiger partial charge in [-0.3, -0.25) is 9.69 Å². The van der Waals surface area contributed by atoms with Crippen LogP contribution >= 0.6 is 24.8 Å². The predicted octanol–water partition coefficient (Wildman–Crippen LogP) is 5.96. The van der Waals surface area contributed by atoms with Gasteiger partial charge >= 0.3 is 6.09 Å². The summed E-state index contributed by atoms with van der Waals surface area (Å²) in [6.45, 7) is 12.8. The summed E-state index contributed by atoms with van der Waals surface area (Å²) in [6, 6.07) is 14.1. The van der Waals surface area contributed by atoms with Gasteiger partial charge in [-0.25, -0.2) is 4.79 Å². The molecule has 210 valence electrons. The molecule has 0 spiro atoms. The first kappa shape index (κ1) is 31.9. The van der Waals surface area contributed by atoms with Gasteiger partial charge < -0.3 is 20.2 Å².